The summed E-state index contributed by atoms with van der Waals surface area (Å²) < 4.78 is 0. The van der Waals surface area contributed by atoms with Gasteiger partial charge in [-0.2, -0.15) is 12.1 Å². The van der Waals surface area contributed by atoms with Crippen LogP contribution in [0.4, 0.5) is 0 Å². The Labute approximate surface area is 281 Å². The second-order valence-electron chi connectivity index (χ2n) is 10.6. The molecule has 0 nitrogen and oxygen atoms in total. The average molecular weight is 659 g/mol. The number of benzene rings is 5. The Balaban J connectivity index is 0.000000609. The van der Waals surface area contributed by atoms with Crippen LogP contribution in [0.15, 0.2) is 194 Å². The fourth-order valence-electron chi connectivity index (χ4n) is 5.75. The van der Waals surface area contributed by atoms with Crippen LogP contribution in [0.3, 0.4) is 0 Å². The predicted molar refractivity (Wildman–Crippen MR) is 196 cm³/mol. The summed E-state index contributed by atoms with van der Waals surface area (Å²) in [6, 6.07) is 70.2. The molecule has 0 spiro atoms. The van der Waals surface area contributed by atoms with E-state index in [0.29, 0.717) is 5.66 Å². The van der Waals surface area contributed by atoms with Gasteiger partial charge in [-0.15, -0.1) is 17.2 Å². The number of rotatable bonds is 8. The van der Waals surface area contributed by atoms with Gasteiger partial charge in [0, 0.05) is 17.1 Å². The van der Waals surface area contributed by atoms with E-state index in [9.17, 15) is 0 Å². The molecule has 45 heavy (non-hydrogen) atoms. The Morgan fingerprint density at radius 2 is 0.867 bits per heavy atom. The molecule has 0 heterocycles. The zero-order chi connectivity index (χ0) is 30.0. The zero-order valence-electron chi connectivity index (χ0n) is 25.3. The first-order valence-electron chi connectivity index (χ1n) is 15.1. The molecule has 0 aliphatic rings. The van der Waals surface area contributed by atoms with Crippen molar-refractivity contribution in [3.8, 4) is 11.1 Å². The van der Waals surface area contributed by atoms with Gasteiger partial charge in [-0.25, -0.2) is 0 Å². The van der Waals surface area contributed by atoms with Crippen molar-refractivity contribution in [1.82, 2.24) is 0 Å². The molecule has 1 atom stereocenters. The number of hydrogen-bond acceptors (Lipinski definition) is 0. The summed E-state index contributed by atoms with van der Waals surface area (Å²) in [7, 11) is -1.28. The van der Waals surface area contributed by atoms with E-state index in [1.807, 2.05) is 30.3 Å². The molecule has 0 saturated heterocycles. The molecule has 0 aliphatic heterocycles. The zero-order valence-corrected chi connectivity index (χ0v) is 28.2. The fourth-order valence-corrected chi connectivity index (χ4v) is 10.9. The van der Waals surface area contributed by atoms with E-state index in [-0.39, 0.29) is 17.1 Å². The van der Waals surface area contributed by atoms with Crippen LogP contribution in [-0.4, -0.2) is 0 Å². The van der Waals surface area contributed by atoms with Crippen LogP contribution >= 0.6 is 15.8 Å². The predicted octanol–water partition coefficient (Wildman–Crippen LogP) is 9.43. The normalized spacial score (nSPS) is 11.4. The van der Waals surface area contributed by atoms with Gasteiger partial charge >= 0.3 is 0 Å². The smallest absolute Gasteiger partial charge is 0 e. The molecular weight excluding hydrogens is 622 g/mol. The third-order valence-electron chi connectivity index (χ3n) is 7.78. The van der Waals surface area contributed by atoms with Gasteiger partial charge in [-0.3, -0.25) is 0 Å². The van der Waals surface area contributed by atoms with Crippen molar-refractivity contribution in [3.05, 3.63) is 200 Å². The summed E-state index contributed by atoms with van der Waals surface area (Å²) in [5.74, 6) is 0. The maximum Gasteiger partial charge on any atom is 0 e. The largest absolute Gasteiger partial charge is 0.748 e. The average Bonchev–Trinajstić information content (AvgIpc) is 3.84. The molecule has 228 valence electrons. The van der Waals surface area contributed by atoms with Gasteiger partial charge in [-0.1, -0.05) is 158 Å². The monoisotopic (exact) mass is 658 g/mol. The van der Waals surface area contributed by atoms with Gasteiger partial charge in [0.1, 0.15) is 0 Å². The maximum absolute atomic E-state index is 2.42. The number of hydrogen-bond donors (Lipinski definition) is 0. The molecule has 0 amide bonds. The Morgan fingerprint density at radius 1 is 0.467 bits per heavy atom. The summed E-state index contributed by atoms with van der Waals surface area (Å²) in [6.45, 7) is 2.42. The van der Waals surface area contributed by atoms with E-state index >= 15 is 0 Å². The second-order valence-corrected chi connectivity index (χ2v) is 15.3. The van der Waals surface area contributed by atoms with Crippen LogP contribution in [0.5, 0.6) is 0 Å². The van der Waals surface area contributed by atoms with Gasteiger partial charge in [0.25, 0.3) is 0 Å². The topological polar surface area (TPSA) is 0 Å². The summed E-state index contributed by atoms with van der Waals surface area (Å²) in [4.78, 5) is 0. The van der Waals surface area contributed by atoms with Crippen molar-refractivity contribution in [2.45, 2.75) is 12.6 Å². The summed E-state index contributed by atoms with van der Waals surface area (Å²) in [6.07, 6.45) is 0. The van der Waals surface area contributed by atoms with E-state index < -0.39 is 15.8 Å². The second kappa shape index (κ2) is 16.5. The summed E-state index contributed by atoms with van der Waals surface area (Å²) >= 11 is 0. The van der Waals surface area contributed by atoms with Crippen molar-refractivity contribution < 1.29 is 17.1 Å². The minimum Gasteiger partial charge on any atom is -0.748 e. The van der Waals surface area contributed by atoms with E-state index in [1.165, 1.54) is 43.2 Å². The SMILES string of the molecule is C[C@H]([c-]1cccc1-c1ccccc1P(c1ccccc1)c1ccccc1)P(c1ccccc1)c1ccccc1.[Fe].[cH-]1[cH-][cH-][cH-][cH-]1. The van der Waals surface area contributed by atoms with Crippen LogP contribution in [0.25, 0.3) is 11.1 Å². The molecule has 0 N–H and O–H groups in total. The van der Waals surface area contributed by atoms with Gasteiger partial charge in [0.2, 0.25) is 0 Å². The molecule has 0 fully saturated rings. The minimum atomic E-state index is -0.701. The van der Waals surface area contributed by atoms with Gasteiger partial charge in [0.15, 0.2) is 0 Å². The van der Waals surface area contributed by atoms with Crippen molar-refractivity contribution >= 4 is 42.4 Å². The van der Waals surface area contributed by atoms with E-state index in [1.54, 1.807) is 0 Å². The standard InChI is InChI=1S/C37H31P2.C5H5.Fe/c1-29(38(30-17-6-2-7-18-30)31-19-8-3-9-20-31)34-26-16-27-35(34)36-25-14-15-28-37(36)39(32-21-10-4-11-22-32)33-23-12-5-13-24-33;1-2-4-5-3-1;/h2-29H,1H3;1-5H;/q-1;-5;/t29-;;/m1../s1. The maximum atomic E-state index is 2.42. The van der Waals surface area contributed by atoms with Crippen LogP contribution in [0.2, 0.25) is 0 Å². The summed E-state index contributed by atoms with van der Waals surface area (Å²) in [5, 5.41) is 7.00. The first kappa shape index (κ1) is 32.6. The molecule has 0 aliphatic carbocycles. The molecule has 3 heteroatoms. The molecule has 0 unspecified atom stereocenters. The van der Waals surface area contributed by atoms with Crippen molar-refractivity contribution in [1.29, 1.82) is 0 Å². The molecule has 0 aromatic heterocycles. The molecular formula is C42H36FeP2-6. The van der Waals surface area contributed by atoms with Gasteiger partial charge < -0.3 is 30.3 Å². The van der Waals surface area contributed by atoms with Crippen LogP contribution in [-0.2, 0) is 17.1 Å². The van der Waals surface area contributed by atoms with E-state index in [2.05, 4.69) is 171 Å². The Hall–Kier alpha value is -3.82. The minimum absolute atomic E-state index is 0. The Kier molecular flexibility index (Phi) is 11.9. The van der Waals surface area contributed by atoms with Crippen LogP contribution in [0.1, 0.15) is 18.1 Å². The van der Waals surface area contributed by atoms with Crippen LogP contribution < -0.4 is 26.5 Å². The van der Waals surface area contributed by atoms with Crippen LogP contribution in [0, 0.1) is 0 Å². The van der Waals surface area contributed by atoms with Crippen molar-refractivity contribution in [2.75, 3.05) is 0 Å². The molecule has 7 aromatic carbocycles. The van der Waals surface area contributed by atoms with Crippen molar-refractivity contribution in [3.63, 3.8) is 0 Å². The first-order chi connectivity index (χ1) is 21.8. The molecule has 0 bridgehead atoms. The van der Waals surface area contributed by atoms with Gasteiger partial charge in [-0.05, 0) is 48.0 Å². The van der Waals surface area contributed by atoms with Crippen molar-refractivity contribution in [2.24, 2.45) is 0 Å². The van der Waals surface area contributed by atoms with Gasteiger partial charge in [0.05, 0.1) is 0 Å². The first-order valence-corrected chi connectivity index (χ1v) is 17.9. The Morgan fingerprint density at radius 3 is 1.33 bits per heavy atom. The third kappa shape index (κ3) is 7.89. The fraction of sp³-hybridized carbons (Fsp3) is 0.0476. The van der Waals surface area contributed by atoms with E-state index in [4.69, 9.17) is 0 Å². The molecule has 7 aromatic rings. The molecule has 7 rings (SSSR count). The molecule has 0 radical (unpaired) electrons. The quantitative estimate of drug-likeness (QED) is 0.0868. The summed E-state index contributed by atoms with van der Waals surface area (Å²) in [5.41, 5.74) is 4.50. The van der Waals surface area contributed by atoms with E-state index in [0.717, 1.165) is 0 Å². The molecule has 0 saturated carbocycles. The third-order valence-corrected chi connectivity index (χ3v) is 13.0. The Bertz CT molecular complexity index is 1720.